The molecule has 0 radical (unpaired) electrons. The van der Waals surface area contributed by atoms with Gasteiger partial charge in [-0.05, 0) is 42.8 Å². The van der Waals surface area contributed by atoms with Crippen molar-refractivity contribution in [1.29, 1.82) is 0 Å². The Morgan fingerprint density at radius 2 is 1.84 bits per heavy atom. The van der Waals surface area contributed by atoms with Gasteiger partial charge in [-0.15, -0.1) is 0 Å². The molecule has 1 aromatic heterocycles. The molecule has 0 aliphatic rings. The molecule has 1 heterocycles. The lowest BCUT2D eigenvalue weighted by atomic mass is 10.2. The summed E-state index contributed by atoms with van der Waals surface area (Å²) in [4.78, 5) is 17.5. The first-order valence-corrected chi connectivity index (χ1v) is 11.3. The molecule has 0 bridgehead atoms. The quantitative estimate of drug-likeness (QED) is 0.286. The average molecular weight is 557 g/mol. The molecular weight excluding hydrogens is 538 g/mol. The summed E-state index contributed by atoms with van der Waals surface area (Å²) >= 11 is 6.90. The summed E-state index contributed by atoms with van der Waals surface area (Å²) in [5, 5.41) is 4.91. The molecule has 0 N–H and O–H groups in total. The van der Waals surface area contributed by atoms with Crippen LogP contribution in [0.25, 0.3) is 10.9 Å². The average Bonchev–Trinajstić information content (AvgIpc) is 2.79. The number of fused-ring (bicyclic) bond motifs is 1. The SMILES string of the molecule is COc1cc(Br)cc(C=Nn2c(C)nc3ccc(Br)cc3c2=O)c1OCc1ccccc1. The van der Waals surface area contributed by atoms with Gasteiger partial charge in [0.05, 0.1) is 24.2 Å². The van der Waals surface area contributed by atoms with Crippen molar-refractivity contribution in [3.8, 4) is 11.5 Å². The number of hydrogen-bond donors (Lipinski definition) is 0. The summed E-state index contributed by atoms with van der Waals surface area (Å²) in [5.41, 5.74) is 2.06. The molecule has 0 amide bonds. The number of benzene rings is 3. The normalized spacial score (nSPS) is 11.2. The molecule has 32 heavy (non-hydrogen) atoms. The minimum atomic E-state index is -0.251. The van der Waals surface area contributed by atoms with Crippen LogP contribution in [0, 0.1) is 6.92 Å². The largest absolute Gasteiger partial charge is 0.493 e. The molecule has 6 nitrogen and oxygen atoms in total. The smallest absolute Gasteiger partial charge is 0.282 e. The molecule has 0 aliphatic heterocycles. The maximum Gasteiger partial charge on any atom is 0.282 e. The fourth-order valence-corrected chi connectivity index (χ4v) is 4.05. The van der Waals surface area contributed by atoms with Crippen molar-refractivity contribution in [3.05, 3.63) is 96.9 Å². The Kier molecular flexibility index (Phi) is 6.72. The van der Waals surface area contributed by atoms with E-state index in [4.69, 9.17) is 9.47 Å². The summed E-state index contributed by atoms with van der Waals surface area (Å²) in [5.74, 6) is 1.57. The minimum absolute atomic E-state index is 0.251. The Labute approximate surface area is 201 Å². The molecule has 4 aromatic rings. The second kappa shape index (κ2) is 9.67. The van der Waals surface area contributed by atoms with Crippen LogP contribution in [0.1, 0.15) is 17.0 Å². The van der Waals surface area contributed by atoms with E-state index in [9.17, 15) is 4.79 Å². The lowest BCUT2D eigenvalue weighted by molar-refractivity contribution is 0.284. The van der Waals surface area contributed by atoms with Crippen molar-refractivity contribution >= 4 is 49.0 Å². The predicted molar refractivity (Wildman–Crippen MR) is 133 cm³/mol. The van der Waals surface area contributed by atoms with E-state index in [0.717, 1.165) is 14.5 Å². The summed E-state index contributed by atoms with van der Waals surface area (Å²) in [6.07, 6.45) is 1.58. The van der Waals surface area contributed by atoms with Crippen LogP contribution in [0.5, 0.6) is 11.5 Å². The second-order valence-corrected chi connectivity index (χ2v) is 8.81. The van der Waals surface area contributed by atoms with Crippen LogP contribution in [-0.2, 0) is 6.61 Å². The van der Waals surface area contributed by atoms with Gasteiger partial charge in [0.2, 0.25) is 0 Å². The second-order valence-electron chi connectivity index (χ2n) is 6.98. The van der Waals surface area contributed by atoms with Gasteiger partial charge >= 0.3 is 0 Å². The highest BCUT2D eigenvalue weighted by atomic mass is 79.9. The Morgan fingerprint density at radius 3 is 2.59 bits per heavy atom. The van der Waals surface area contributed by atoms with E-state index >= 15 is 0 Å². The highest BCUT2D eigenvalue weighted by molar-refractivity contribution is 9.10. The van der Waals surface area contributed by atoms with E-state index in [1.807, 2.05) is 48.5 Å². The van der Waals surface area contributed by atoms with Crippen molar-refractivity contribution in [1.82, 2.24) is 9.66 Å². The highest BCUT2D eigenvalue weighted by Crippen LogP contribution is 2.34. The van der Waals surface area contributed by atoms with Crippen LogP contribution in [-0.4, -0.2) is 23.0 Å². The summed E-state index contributed by atoms with van der Waals surface area (Å²) in [6.45, 7) is 2.11. The topological polar surface area (TPSA) is 65.7 Å². The van der Waals surface area contributed by atoms with Gasteiger partial charge in [-0.1, -0.05) is 62.2 Å². The Balaban J connectivity index is 1.75. The maximum atomic E-state index is 13.0. The van der Waals surface area contributed by atoms with E-state index in [2.05, 4.69) is 41.9 Å². The number of ether oxygens (including phenoxy) is 2. The Bertz CT molecular complexity index is 1370. The van der Waals surface area contributed by atoms with Gasteiger partial charge < -0.3 is 9.47 Å². The fraction of sp³-hybridized carbons (Fsp3) is 0.125. The van der Waals surface area contributed by atoms with E-state index in [1.54, 1.807) is 32.4 Å². The van der Waals surface area contributed by atoms with E-state index < -0.39 is 0 Å². The first-order chi connectivity index (χ1) is 15.5. The van der Waals surface area contributed by atoms with Crippen LogP contribution in [0.3, 0.4) is 0 Å². The number of aryl methyl sites for hydroxylation is 1. The number of rotatable bonds is 6. The molecular formula is C24H19Br2N3O3. The number of aromatic nitrogens is 2. The molecule has 0 spiro atoms. The van der Waals surface area contributed by atoms with Gasteiger partial charge in [0.1, 0.15) is 12.4 Å². The Morgan fingerprint density at radius 1 is 1.06 bits per heavy atom. The number of hydrogen-bond acceptors (Lipinski definition) is 5. The molecule has 4 rings (SSSR count). The number of methoxy groups -OCH3 is 1. The zero-order chi connectivity index (χ0) is 22.7. The van der Waals surface area contributed by atoms with Gasteiger partial charge in [0, 0.05) is 14.5 Å². The van der Waals surface area contributed by atoms with Crippen molar-refractivity contribution in [2.45, 2.75) is 13.5 Å². The van der Waals surface area contributed by atoms with E-state index in [1.165, 1.54) is 4.68 Å². The molecule has 0 atom stereocenters. The van der Waals surface area contributed by atoms with Crippen LogP contribution >= 0.6 is 31.9 Å². The summed E-state index contributed by atoms with van der Waals surface area (Å²) in [6, 6.07) is 18.9. The van der Waals surface area contributed by atoms with Crippen molar-refractivity contribution in [2.75, 3.05) is 7.11 Å². The molecule has 0 aliphatic carbocycles. The number of nitrogens with zero attached hydrogens (tertiary/aromatic N) is 3. The zero-order valence-electron chi connectivity index (χ0n) is 17.4. The third-order valence-electron chi connectivity index (χ3n) is 4.78. The van der Waals surface area contributed by atoms with Gasteiger partial charge in [-0.2, -0.15) is 9.78 Å². The fourth-order valence-electron chi connectivity index (χ4n) is 3.24. The third-order valence-corrected chi connectivity index (χ3v) is 5.73. The summed E-state index contributed by atoms with van der Waals surface area (Å²) < 4.78 is 14.5. The summed E-state index contributed by atoms with van der Waals surface area (Å²) in [7, 11) is 1.58. The molecule has 0 unspecified atom stereocenters. The molecule has 0 saturated heterocycles. The van der Waals surface area contributed by atoms with Crippen LogP contribution in [0.4, 0.5) is 0 Å². The highest BCUT2D eigenvalue weighted by Gasteiger charge is 2.13. The lowest BCUT2D eigenvalue weighted by Crippen LogP contribution is -2.20. The zero-order valence-corrected chi connectivity index (χ0v) is 20.6. The van der Waals surface area contributed by atoms with Crippen LogP contribution < -0.4 is 15.0 Å². The van der Waals surface area contributed by atoms with E-state index in [-0.39, 0.29) is 5.56 Å². The maximum absolute atomic E-state index is 13.0. The molecule has 162 valence electrons. The number of halogens is 2. The van der Waals surface area contributed by atoms with Gasteiger partial charge in [0.15, 0.2) is 11.5 Å². The predicted octanol–water partition coefficient (Wildman–Crippen LogP) is 5.70. The van der Waals surface area contributed by atoms with Crippen molar-refractivity contribution in [2.24, 2.45) is 5.10 Å². The third kappa shape index (κ3) is 4.76. The van der Waals surface area contributed by atoms with E-state index in [0.29, 0.717) is 40.4 Å². The van der Waals surface area contributed by atoms with Gasteiger partial charge in [-0.25, -0.2) is 4.98 Å². The lowest BCUT2D eigenvalue weighted by Gasteiger charge is -2.14. The molecule has 0 fully saturated rings. The minimum Gasteiger partial charge on any atom is -0.493 e. The molecule has 3 aromatic carbocycles. The standard InChI is InChI=1S/C24H19Br2N3O3/c1-15-28-21-9-8-18(25)11-20(21)24(30)29(15)27-13-17-10-19(26)12-22(31-2)23(17)32-14-16-6-4-3-5-7-16/h3-13H,14H2,1-2H3. The first-order valence-electron chi connectivity index (χ1n) is 9.74. The van der Waals surface area contributed by atoms with Crippen molar-refractivity contribution in [3.63, 3.8) is 0 Å². The van der Waals surface area contributed by atoms with Crippen LogP contribution in [0.2, 0.25) is 0 Å². The first kappa shape index (κ1) is 22.2. The monoisotopic (exact) mass is 555 g/mol. The molecule has 8 heteroatoms. The van der Waals surface area contributed by atoms with Crippen molar-refractivity contribution < 1.29 is 9.47 Å². The van der Waals surface area contributed by atoms with Gasteiger partial charge in [0.25, 0.3) is 5.56 Å². The Hall–Kier alpha value is -2.97. The van der Waals surface area contributed by atoms with Crippen LogP contribution in [0.15, 0.2) is 79.5 Å². The molecule has 0 saturated carbocycles. The van der Waals surface area contributed by atoms with Gasteiger partial charge in [-0.3, -0.25) is 4.79 Å².